The van der Waals surface area contributed by atoms with Crippen molar-refractivity contribution in [2.45, 2.75) is 57.2 Å². The second-order valence-electron chi connectivity index (χ2n) is 7.58. The van der Waals surface area contributed by atoms with Gasteiger partial charge in [-0.25, -0.2) is 0 Å². The average molecular weight is 412 g/mol. The lowest BCUT2D eigenvalue weighted by molar-refractivity contribution is -0.145. The van der Waals surface area contributed by atoms with Crippen molar-refractivity contribution >= 4 is 11.9 Å². The minimum absolute atomic E-state index is 0.0195. The highest BCUT2D eigenvalue weighted by Crippen LogP contribution is 2.36. The van der Waals surface area contributed by atoms with Gasteiger partial charge in [-0.3, -0.25) is 9.59 Å². The molecule has 0 unspecified atom stereocenters. The van der Waals surface area contributed by atoms with Gasteiger partial charge in [-0.05, 0) is 48.9 Å². The second kappa shape index (κ2) is 10.7. The molecule has 3 rings (SSSR count). The predicted octanol–water partition coefficient (Wildman–Crippen LogP) is 4.71. The Morgan fingerprint density at radius 3 is 2.43 bits per heavy atom. The van der Waals surface area contributed by atoms with E-state index in [0.717, 1.165) is 36.8 Å². The van der Waals surface area contributed by atoms with Gasteiger partial charge < -0.3 is 19.3 Å². The molecule has 0 aromatic heterocycles. The Morgan fingerprint density at radius 1 is 1.03 bits per heavy atom. The molecule has 1 saturated carbocycles. The minimum atomic E-state index is -0.968. The Bertz CT molecular complexity index is 842. The van der Waals surface area contributed by atoms with E-state index in [2.05, 4.69) is 0 Å². The molecule has 0 amide bonds. The maximum absolute atomic E-state index is 12.4. The Morgan fingerprint density at radius 2 is 1.77 bits per heavy atom. The number of carbonyl (C=O) groups is 2. The molecule has 0 aliphatic heterocycles. The van der Waals surface area contributed by atoms with Gasteiger partial charge in [-0.2, -0.15) is 0 Å². The Kier molecular flexibility index (Phi) is 7.71. The quantitative estimate of drug-likeness (QED) is 0.569. The molecule has 0 heterocycles. The fraction of sp³-hybridized carbons (Fsp3) is 0.417. The first kappa shape index (κ1) is 21.7. The zero-order chi connectivity index (χ0) is 21.3. The van der Waals surface area contributed by atoms with Gasteiger partial charge in [0, 0.05) is 5.92 Å². The fourth-order valence-corrected chi connectivity index (χ4v) is 3.74. The topological polar surface area (TPSA) is 82.1 Å². The molecule has 2 aromatic carbocycles. The van der Waals surface area contributed by atoms with Crippen LogP contribution in [0.15, 0.2) is 48.5 Å². The summed E-state index contributed by atoms with van der Waals surface area (Å²) in [7, 11) is 1.58. The maximum atomic E-state index is 12.4. The van der Waals surface area contributed by atoms with Crippen molar-refractivity contribution < 1.29 is 28.9 Å². The lowest BCUT2D eigenvalue weighted by atomic mass is 9.92. The van der Waals surface area contributed by atoms with Crippen LogP contribution in [-0.2, 0) is 20.9 Å². The van der Waals surface area contributed by atoms with E-state index in [9.17, 15) is 14.7 Å². The third kappa shape index (κ3) is 6.24. The van der Waals surface area contributed by atoms with E-state index in [4.69, 9.17) is 14.2 Å². The van der Waals surface area contributed by atoms with E-state index in [1.54, 1.807) is 25.3 Å². The van der Waals surface area contributed by atoms with Gasteiger partial charge in [-0.1, -0.05) is 36.4 Å². The summed E-state index contributed by atoms with van der Waals surface area (Å²) in [6, 6.07) is 14.7. The van der Waals surface area contributed by atoms with Gasteiger partial charge in [0.15, 0.2) is 11.5 Å². The van der Waals surface area contributed by atoms with E-state index in [-0.39, 0.29) is 25.6 Å². The number of hydrogen-bond acceptors (Lipinski definition) is 5. The molecule has 0 spiro atoms. The Labute approximate surface area is 176 Å². The van der Waals surface area contributed by atoms with Gasteiger partial charge in [-0.15, -0.1) is 0 Å². The van der Waals surface area contributed by atoms with Crippen molar-refractivity contribution in [3.63, 3.8) is 0 Å². The van der Waals surface area contributed by atoms with E-state index in [0.29, 0.717) is 11.5 Å². The summed E-state index contributed by atoms with van der Waals surface area (Å²) >= 11 is 0. The Balaban J connectivity index is 1.71. The number of rotatable bonds is 10. The van der Waals surface area contributed by atoms with Crippen LogP contribution in [0, 0.1) is 0 Å². The van der Waals surface area contributed by atoms with Crippen LogP contribution in [0.2, 0.25) is 0 Å². The number of carboxylic acids is 1. The zero-order valence-corrected chi connectivity index (χ0v) is 17.2. The molecular formula is C24H28O6. The first-order valence-electron chi connectivity index (χ1n) is 10.3. The van der Waals surface area contributed by atoms with E-state index in [1.807, 2.05) is 30.3 Å². The van der Waals surface area contributed by atoms with Crippen molar-refractivity contribution in [2.75, 3.05) is 7.11 Å². The third-order valence-corrected chi connectivity index (χ3v) is 5.33. The molecule has 1 aliphatic rings. The molecule has 0 bridgehead atoms. The number of carboxylic acid groups (broad SMARTS) is 1. The van der Waals surface area contributed by atoms with Crippen LogP contribution in [0.3, 0.4) is 0 Å². The lowest BCUT2D eigenvalue weighted by Crippen LogP contribution is -2.15. The molecular weight excluding hydrogens is 384 g/mol. The van der Waals surface area contributed by atoms with Gasteiger partial charge in [0.1, 0.15) is 6.61 Å². The zero-order valence-electron chi connectivity index (χ0n) is 17.2. The summed E-state index contributed by atoms with van der Waals surface area (Å²) in [5, 5.41) is 9.36. The van der Waals surface area contributed by atoms with E-state index >= 15 is 0 Å². The summed E-state index contributed by atoms with van der Waals surface area (Å²) in [5.41, 5.74) is 1.61. The Hall–Kier alpha value is -3.02. The number of aliphatic carboxylic acids is 1. The molecule has 0 radical (unpaired) electrons. The van der Waals surface area contributed by atoms with Crippen molar-refractivity contribution in [1.29, 1.82) is 0 Å². The first-order chi connectivity index (χ1) is 14.5. The normalized spacial score (nSPS) is 14.8. The fourth-order valence-electron chi connectivity index (χ4n) is 3.74. The van der Waals surface area contributed by atoms with Crippen LogP contribution >= 0.6 is 0 Å². The van der Waals surface area contributed by atoms with Crippen LogP contribution < -0.4 is 9.47 Å². The molecule has 160 valence electrons. The van der Waals surface area contributed by atoms with E-state index in [1.165, 1.54) is 0 Å². The van der Waals surface area contributed by atoms with Crippen LogP contribution in [0.5, 0.6) is 11.5 Å². The summed E-state index contributed by atoms with van der Waals surface area (Å²) in [6.45, 7) is 0.165. The highest BCUT2D eigenvalue weighted by Gasteiger charge is 2.24. The van der Waals surface area contributed by atoms with Gasteiger partial charge >= 0.3 is 11.9 Å². The van der Waals surface area contributed by atoms with Crippen molar-refractivity contribution in [3.05, 3.63) is 59.7 Å². The van der Waals surface area contributed by atoms with Crippen molar-refractivity contribution in [2.24, 2.45) is 0 Å². The molecule has 1 N–H and O–H groups in total. The minimum Gasteiger partial charge on any atom is -0.493 e. The highest BCUT2D eigenvalue weighted by molar-refractivity contribution is 5.74. The van der Waals surface area contributed by atoms with Gasteiger partial charge in [0.2, 0.25) is 0 Å². The number of benzene rings is 2. The second-order valence-corrected chi connectivity index (χ2v) is 7.58. The van der Waals surface area contributed by atoms with Gasteiger partial charge in [0.25, 0.3) is 0 Å². The highest BCUT2D eigenvalue weighted by atomic mass is 16.5. The molecule has 6 heteroatoms. The summed E-state index contributed by atoms with van der Waals surface area (Å²) in [6.07, 6.45) is 4.23. The maximum Gasteiger partial charge on any atom is 0.306 e. The summed E-state index contributed by atoms with van der Waals surface area (Å²) in [5.74, 6) is -0.715. The van der Waals surface area contributed by atoms with E-state index < -0.39 is 17.9 Å². The molecule has 30 heavy (non-hydrogen) atoms. The lowest BCUT2D eigenvalue weighted by Gasteiger charge is -2.20. The molecule has 1 aliphatic carbocycles. The number of esters is 1. The van der Waals surface area contributed by atoms with Gasteiger partial charge in [0.05, 0.1) is 26.1 Å². The van der Waals surface area contributed by atoms with Crippen LogP contribution in [0.4, 0.5) is 0 Å². The summed E-state index contributed by atoms with van der Waals surface area (Å²) in [4.78, 5) is 23.8. The monoisotopic (exact) mass is 412 g/mol. The van der Waals surface area contributed by atoms with Crippen molar-refractivity contribution in [3.8, 4) is 11.5 Å². The first-order valence-corrected chi connectivity index (χ1v) is 10.3. The SMILES string of the molecule is COc1ccc([C@H](CC(=O)O)CC(=O)OCc2ccccc2)cc1OC1CCCC1. The number of methoxy groups -OCH3 is 1. The van der Waals surface area contributed by atoms with Crippen molar-refractivity contribution in [1.82, 2.24) is 0 Å². The molecule has 0 saturated heterocycles. The van der Waals surface area contributed by atoms with Crippen LogP contribution in [0.25, 0.3) is 0 Å². The smallest absolute Gasteiger partial charge is 0.306 e. The predicted molar refractivity (Wildman–Crippen MR) is 112 cm³/mol. The third-order valence-electron chi connectivity index (χ3n) is 5.33. The van der Waals surface area contributed by atoms with Crippen LogP contribution in [-0.4, -0.2) is 30.3 Å². The number of hydrogen-bond donors (Lipinski definition) is 1. The largest absolute Gasteiger partial charge is 0.493 e. The molecule has 1 fully saturated rings. The summed E-state index contributed by atoms with van der Waals surface area (Å²) < 4.78 is 16.9. The average Bonchev–Trinajstić information content (AvgIpc) is 3.25. The molecule has 1 atom stereocenters. The molecule has 2 aromatic rings. The molecule has 6 nitrogen and oxygen atoms in total. The standard InChI is InChI=1S/C24H28O6/c1-28-21-12-11-18(13-22(21)30-20-9-5-6-10-20)19(14-23(25)26)15-24(27)29-16-17-7-3-2-4-8-17/h2-4,7-8,11-13,19-20H,5-6,9-10,14-16H2,1H3,(H,25,26)/t19-/m1/s1. The van der Waals surface area contributed by atoms with Crippen LogP contribution in [0.1, 0.15) is 55.6 Å². The number of ether oxygens (including phenoxy) is 3. The number of carbonyl (C=O) groups excluding carboxylic acids is 1.